The molecule has 0 aliphatic heterocycles. The molecule has 0 atom stereocenters. The van der Waals surface area contributed by atoms with Gasteiger partial charge in [0.1, 0.15) is 11.5 Å². The third-order valence-electron chi connectivity index (χ3n) is 7.42. The molecule has 0 spiro atoms. The van der Waals surface area contributed by atoms with Crippen LogP contribution in [0.4, 0.5) is 0 Å². The van der Waals surface area contributed by atoms with Crippen molar-refractivity contribution in [3.63, 3.8) is 0 Å². The van der Waals surface area contributed by atoms with Gasteiger partial charge >= 0.3 is 0 Å². The number of aliphatic hydroxyl groups is 1. The number of aromatic nitrogens is 2. The molecule has 0 unspecified atom stereocenters. The number of nitrogens with zero attached hydrogens (tertiary/aromatic N) is 2. The van der Waals surface area contributed by atoms with E-state index in [0.29, 0.717) is 51.7 Å². The maximum Gasteiger partial charge on any atom is 0.145 e. The fourth-order valence-electron chi connectivity index (χ4n) is 5.18. The largest absolute Gasteiger partial charge is 0.385 e. The molecule has 2 aromatic carbocycles. The second-order valence-corrected chi connectivity index (χ2v) is 11.0. The van der Waals surface area contributed by atoms with Crippen LogP contribution in [-0.2, 0) is 16.9 Å². The number of hydrogen-bond acceptors (Lipinski definition) is 5. The number of hydrogen-bond donors (Lipinski definition) is 1. The minimum atomic E-state index is -0.912. The van der Waals surface area contributed by atoms with Gasteiger partial charge in [0, 0.05) is 28.6 Å². The van der Waals surface area contributed by atoms with Crippen LogP contribution in [0.25, 0.3) is 22.2 Å². The summed E-state index contributed by atoms with van der Waals surface area (Å²) in [6, 6.07) is 13.0. The van der Waals surface area contributed by atoms with Gasteiger partial charge in [-0.3, -0.25) is 4.98 Å². The van der Waals surface area contributed by atoms with E-state index < -0.39 is 5.60 Å². The summed E-state index contributed by atoms with van der Waals surface area (Å²) in [4.78, 5) is 4.42. The van der Waals surface area contributed by atoms with Crippen LogP contribution < -0.4 is 0 Å². The van der Waals surface area contributed by atoms with Gasteiger partial charge in [-0.05, 0) is 68.4 Å². The van der Waals surface area contributed by atoms with Crippen molar-refractivity contribution in [2.24, 2.45) is 0 Å². The third kappa shape index (κ3) is 4.52. The first-order valence-corrected chi connectivity index (χ1v) is 13.4. The van der Waals surface area contributed by atoms with Crippen LogP contribution in [0.5, 0.6) is 0 Å². The lowest BCUT2D eigenvalue weighted by molar-refractivity contribution is -0.0640. The lowest BCUT2D eigenvalue weighted by Crippen LogP contribution is -2.34. The molecule has 1 N–H and O–H groups in total. The quantitative estimate of drug-likeness (QED) is 0.266. The zero-order valence-electron chi connectivity index (χ0n) is 19.5. The van der Waals surface area contributed by atoms with Crippen molar-refractivity contribution in [1.82, 2.24) is 10.1 Å². The molecule has 2 aliphatic carbocycles. The molecule has 2 fully saturated rings. The SMILES string of the molecule is O[C@]1(c2ccc3c(Cl)ccnc3c2)CC[C@@H](OCc2c(-c3c(Cl)cccc3Cl)noc2C2CC2)CC1. The monoisotopic (exact) mass is 542 g/mol. The Morgan fingerprint density at radius 1 is 0.972 bits per heavy atom. The van der Waals surface area contributed by atoms with Gasteiger partial charge < -0.3 is 14.4 Å². The number of fused-ring (bicyclic) bond motifs is 1. The number of rotatable bonds is 6. The minimum absolute atomic E-state index is 0.0230. The zero-order valence-corrected chi connectivity index (χ0v) is 21.8. The summed E-state index contributed by atoms with van der Waals surface area (Å²) >= 11 is 19.2. The first-order valence-electron chi connectivity index (χ1n) is 12.2. The molecule has 2 aromatic heterocycles. The van der Waals surface area contributed by atoms with E-state index in [9.17, 15) is 5.11 Å². The highest BCUT2D eigenvalue weighted by atomic mass is 35.5. The molecule has 2 saturated carbocycles. The molecule has 2 heterocycles. The van der Waals surface area contributed by atoms with Gasteiger partial charge in [0.25, 0.3) is 0 Å². The number of benzene rings is 2. The lowest BCUT2D eigenvalue weighted by Gasteiger charge is -2.36. The van der Waals surface area contributed by atoms with E-state index in [4.69, 9.17) is 44.1 Å². The highest BCUT2D eigenvalue weighted by Crippen LogP contribution is 2.46. The van der Waals surface area contributed by atoms with Gasteiger partial charge in [-0.2, -0.15) is 0 Å². The summed E-state index contributed by atoms with van der Waals surface area (Å²) in [7, 11) is 0. The molecule has 4 aromatic rings. The fraction of sp³-hybridized carbons (Fsp3) is 0.357. The van der Waals surface area contributed by atoms with Crippen LogP contribution in [0.1, 0.15) is 61.3 Å². The van der Waals surface area contributed by atoms with Crippen molar-refractivity contribution in [3.05, 3.63) is 80.6 Å². The second-order valence-electron chi connectivity index (χ2n) is 9.81. The maximum absolute atomic E-state index is 11.4. The molecule has 6 rings (SSSR count). The van der Waals surface area contributed by atoms with E-state index in [1.54, 1.807) is 24.4 Å². The molecular weight excluding hydrogens is 519 g/mol. The Kier molecular flexibility index (Phi) is 6.47. The van der Waals surface area contributed by atoms with Crippen molar-refractivity contribution in [1.29, 1.82) is 0 Å². The highest BCUT2D eigenvalue weighted by Gasteiger charge is 2.37. The summed E-state index contributed by atoms with van der Waals surface area (Å²) in [6.45, 7) is 0.369. The zero-order chi connectivity index (χ0) is 24.9. The van der Waals surface area contributed by atoms with Crippen molar-refractivity contribution < 1.29 is 14.4 Å². The Morgan fingerprint density at radius 2 is 1.72 bits per heavy atom. The summed E-state index contributed by atoms with van der Waals surface area (Å²) in [5.41, 5.74) is 3.00. The van der Waals surface area contributed by atoms with Gasteiger partial charge in [0.2, 0.25) is 0 Å². The van der Waals surface area contributed by atoms with Crippen LogP contribution in [0.3, 0.4) is 0 Å². The molecule has 186 valence electrons. The Labute approximate surface area is 224 Å². The van der Waals surface area contributed by atoms with E-state index >= 15 is 0 Å². The van der Waals surface area contributed by atoms with E-state index in [1.165, 1.54) is 0 Å². The average Bonchev–Trinajstić information content (AvgIpc) is 3.64. The lowest BCUT2D eigenvalue weighted by atomic mass is 9.78. The van der Waals surface area contributed by atoms with Crippen LogP contribution in [0.2, 0.25) is 15.1 Å². The standard InChI is InChI=1S/C28H25Cl3N2O3/c29-21-10-13-32-24-14-17(6-7-19(21)24)28(34)11-8-18(9-12-28)35-15-20-26(33-36-27(20)16-4-5-16)25-22(30)2-1-3-23(25)31/h1-3,6-7,10,13-14,16,18,34H,4-5,8-9,11-12,15H2/t18-,28-. The van der Waals surface area contributed by atoms with Crippen LogP contribution >= 0.6 is 34.8 Å². The topological polar surface area (TPSA) is 68.4 Å². The van der Waals surface area contributed by atoms with Gasteiger partial charge in [-0.25, -0.2) is 0 Å². The van der Waals surface area contributed by atoms with Crippen molar-refractivity contribution >= 4 is 45.7 Å². The van der Waals surface area contributed by atoms with Crippen LogP contribution in [0.15, 0.2) is 53.2 Å². The Hall–Kier alpha value is -2.15. The predicted molar refractivity (Wildman–Crippen MR) is 142 cm³/mol. The number of pyridine rings is 1. The Morgan fingerprint density at radius 3 is 2.44 bits per heavy atom. The third-order valence-corrected chi connectivity index (χ3v) is 8.38. The van der Waals surface area contributed by atoms with E-state index in [2.05, 4.69) is 10.1 Å². The molecular formula is C28H25Cl3N2O3. The van der Waals surface area contributed by atoms with Crippen molar-refractivity contribution in [2.45, 2.75) is 62.8 Å². The first kappa shape index (κ1) is 24.2. The molecule has 8 heteroatoms. The summed E-state index contributed by atoms with van der Waals surface area (Å²) in [6.07, 6.45) is 6.56. The molecule has 2 aliphatic rings. The van der Waals surface area contributed by atoms with Crippen LogP contribution in [0, 0.1) is 0 Å². The van der Waals surface area contributed by atoms with E-state index in [0.717, 1.165) is 53.5 Å². The summed E-state index contributed by atoms with van der Waals surface area (Å²) < 4.78 is 12.1. The average molecular weight is 544 g/mol. The molecule has 0 bridgehead atoms. The maximum atomic E-state index is 11.4. The van der Waals surface area contributed by atoms with Crippen LogP contribution in [-0.4, -0.2) is 21.4 Å². The Bertz CT molecular complexity index is 1400. The van der Waals surface area contributed by atoms with E-state index in [1.807, 2.05) is 24.3 Å². The smallest absolute Gasteiger partial charge is 0.145 e. The van der Waals surface area contributed by atoms with Gasteiger partial charge in [0.15, 0.2) is 0 Å². The van der Waals surface area contributed by atoms with Gasteiger partial charge in [0.05, 0.1) is 38.9 Å². The fourth-order valence-corrected chi connectivity index (χ4v) is 5.97. The Balaban J connectivity index is 1.18. The molecule has 0 amide bonds. The highest BCUT2D eigenvalue weighted by molar-refractivity contribution is 6.39. The van der Waals surface area contributed by atoms with Crippen molar-refractivity contribution in [3.8, 4) is 11.3 Å². The minimum Gasteiger partial charge on any atom is -0.385 e. The van der Waals surface area contributed by atoms with E-state index in [-0.39, 0.29) is 6.10 Å². The molecule has 5 nitrogen and oxygen atoms in total. The second kappa shape index (κ2) is 9.62. The molecule has 36 heavy (non-hydrogen) atoms. The number of ether oxygens (including phenoxy) is 1. The number of halogens is 3. The molecule has 0 saturated heterocycles. The summed E-state index contributed by atoms with van der Waals surface area (Å²) in [5, 5.41) is 18.4. The first-order chi connectivity index (χ1) is 17.4. The summed E-state index contributed by atoms with van der Waals surface area (Å²) in [5.74, 6) is 1.24. The van der Waals surface area contributed by atoms with Gasteiger partial charge in [-0.1, -0.05) is 58.2 Å². The van der Waals surface area contributed by atoms with Gasteiger partial charge in [-0.15, -0.1) is 0 Å². The predicted octanol–water partition coefficient (Wildman–Crippen LogP) is 8.07. The normalized spacial score (nSPS) is 22.3. The molecule has 0 radical (unpaired) electrons. The van der Waals surface area contributed by atoms with Crippen molar-refractivity contribution in [2.75, 3.05) is 0 Å².